The molecule has 2 saturated carbocycles. The minimum atomic E-state index is -2.07. The molecule has 1 aromatic carbocycles. The highest BCUT2D eigenvalue weighted by Gasteiger charge is 2.38. The molecule has 2 aliphatic carbocycles. The highest BCUT2D eigenvalue weighted by atomic mass is 16.6. The number of nitrogens with zero attached hydrogens (tertiary/aromatic N) is 2. The SMILES string of the molecule is O=C([O-])C(=O)O.O[C@@H](C[NH2+]c1nc2ccccc2[nH]1)CON=C(C1CC1)C1CC1. The molecule has 4 rings (SSSR count). The lowest BCUT2D eigenvalue weighted by atomic mass is 10.2. The highest BCUT2D eigenvalue weighted by molar-refractivity contribution is 6.26. The topological polar surface area (TPSA) is 165 Å². The molecule has 0 unspecified atom stereocenters. The summed E-state index contributed by atoms with van der Waals surface area (Å²) in [7, 11) is 0. The van der Waals surface area contributed by atoms with Crippen LogP contribution in [0.3, 0.4) is 0 Å². The number of aromatic amines is 1. The zero-order chi connectivity index (χ0) is 20.8. The predicted octanol–water partition coefficient (Wildman–Crippen LogP) is -0.868. The van der Waals surface area contributed by atoms with Crippen LogP contribution in [0, 0.1) is 11.8 Å². The van der Waals surface area contributed by atoms with Gasteiger partial charge < -0.3 is 25.0 Å². The second-order valence-corrected chi connectivity index (χ2v) is 7.19. The number of imidazole rings is 1. The van der Waals surface area contributed by atoms with Crippen LogP contribution in [0.5, 0.6) is 0 Å². The van der Waals surface area contributed by atoms with E-state index in [0.29, 0.717) is 18.4 Å². The van der Waals surface area contributed by atoms with Gasteiger partial charge in [-0.3, -0.25) is 10.3 Å². The molecule has 1 heterocycles. The maximum absolute atomic E-state index is 10.0. The number of hydrogen-bond donors (Lipinski definition) is 4. The summed E-state index contributed by atoms with van der Waals surface area (Å²) in [5.41, 5.74) is 3.18. The molecule has 10 nitrogen and oxygen atoms in total. The Balaban J connectivity index is 0.000000353. The predicted molar refractivity (Wildman–Crippen MR) is 100 cm³/mol. The number of para-hydroxylation sites is 2. The van der Waals surface area contributed by atoms with Gasteiger partial charge in [0, 0.05) is 11.8 Å². The van der Waals surface area contributed by atoms with E-state index >= 15 is 0 Å². The quantitative estimate of drug-likeness (QED) is 0.252. The van der Waals surface area contributed by atoms with Crippen LogP contribution < -0.4 is 10.4 Å². The Morgan fingerprint density at radius 1 is 1.28 bits per heavy atom. The Hall–Kier alpha value is -2.98. The van der Waals surface area contributed by atoms with Crippen LogP contribution in [0.2, 0.25) is 0 Å². The van der Waals surface area contributed by atoms with Gasteiger partial charge in [0.2, 0.25) is 0 Å². The van der Waals surface area contributed by atoms with Crippen molar-refractivity contribution in [1.29, 1.82) is 0 Å². The molecule has 1 aromatic heterocycles. The zero-order valence-electron chi connectivity index (χ0n) is 15.8. The normalized spacial score (nSPS) is 16.4. The number of carbonyl (C=O) groups excluding carboxylic acids is 1. The molecule has 0 radical (unpaired) electrons. The molecule has 2 aromatic rings. The van der Waals surface area contributed by atoms with Crippen LogP contribution in [-0.4, -0.2) is 57.1 Å². The third kappa shape index (κ3) is 6.54. The minimum absolute atomic E-state index is 0.236. The summed E-state index contributed by atoms with van der Waals surface area (Å²) in [5, 5.41) is 32.6. The summed E-state index contributed by atoms with van der Waals surface area (Å²) < 4.78 is 0. The fraction of sp³-hybridized carbons (Fsp3) is 0.474. The molecule has 29 heavy (non-hydrogen) atoms. The summed E-state index contributed by atoms with van der Waals surface area (Å²) in [4.78, 5) is 31.1. The van der Waals surface area contributed by atoms with Gasteiger partial charge in [0.1, 0.15) is 19.3 Å². The lowest BCUT2D eigenvalue weighted by Gasteiger charge is -2.08. The number of carboxylic acids is 2. The average Bonchev–Trinajstić information content (AvgIpc) is 3.62. The molecule has 5 N–H and O–H groups in total. The van der Waals surface area contributed by atoms with E-state index in [1.54, 1.807) is 0 Å². The smallest absolute Gasteiger partial charge is 0.351 e. The lowest BCUT2D eigenvalue weighted by Crippen LogP contribution is -2.81. The molecule has 2 fully saturated rings. The molecule has 2 aliphatic rings. The van der Waals surface area contributed by atoms with E-state index in [1.165, 1.54) is 31.4 Å². The first-order valence-electron chi connectivity index (χ1n) is 9.54. The Morgan fingerprint density at radius 3 is 2.45 bits per heavy atom. The van der Waals surface area contributed by atoms with Gasteiger partial charge in [0.25, 0.3) is 0 Å². The van der Waals surface area contributed by atoms with Crippen LogP contribution in [0.4, 0.5) is 5.95 Å². The summed E-state index contributed by atoms with van der Waals surface area (Å²) >= 11 is 0. The van der Waals surface area contributed by atoms with E-state index in [4.69, 9.17) is 24.6 Å². The van der Waals surface area contributed by atoms with Crippen LogP contribution in [0.25, 0.3) is 11.0 Å². The average molecular weight is 404 g/mol. The summed E-state index contributed by atoms with van der Waals surface area (Å²) in [6.45, 7) is 0.733. The van der Waals surface area contributed by atoms with Crippen molar-refractivity contribution in [1.82, 2.24) is 9.97 Å². The summed E-state index contributed by atoms with van der Waals surface area (Å²) in [6, 6.07) is 7.90. The monoisotopic (exact) mass is 404 g/mol. The number of H-pyrrole nitrogens is 1. The number of aliphatic hydroxyl groups is 1. The van der Waals surface area contributed by atoms with Crippen LogP contribution in [0.1, 0.15) is 25.7 Å². The zero-order valence-corrected chi connectivity index (χ0v) is 15.8. The number of rotatable bonds is 8. The number of fused-ring (bicyclic) bond motifs is 1. The molecule has 156 valence electrons. The third-order valence-corrected chi connectivity index (χ3v) is 4.59. The number of benzene rings is 1. The Kier molecular flexibility index (Phi) is 6.78. The summed E-state index contributed by atoms with van der Waals surface area (Å²) in [5.74, 6) is -1.92. The number of carbonyl (C=O) groups is 2. The van der Waals surface area contributed by atoms with Gasteiger partial charge in [0.15, 0.2) is 5.97 Å². The highest BCUT2D eigenvalue weighted by Crippen LogP contribution is 2.42. The number of hydrogen-bond acceptors (Lipinski definition) is 7. The molecule has 0 bridgehead atoms. The number of nitrogens with two attached hydrogens (primary N) is 1. The number of oxime groups is 1. The standard InChI is InChI=1S/C17H22N4O2.C2H2O4/c22-13(10-23-21-16(11-5-6-11)12-7-8-12)9-18-17-19-14-3-1-2-4-15(14)20-17;3-1(4)2(5)6/h1-4,11-13,22H,5-10H2,(H2,18,19,20);(H,3,4)(H,5,6)/t13-;/m0./s1. The van der Waals surface area contributed by atoms with E-state index in [0.717, 1.165) is 17.0 Å². The first-order chi connectivity index (χ1) is 13.9. The van der Waals surface area contributed by atoms with Crippen molar-refractivity contribution < 1.29 is 35.1 Å². The molecule has 10 heteroatoms. The molecular weight excluding hydrogens is 380 g/mol. The van der Waals surface area contributed by atoms with Crippen molar-refractivity contribution >= 4 is 34.6 Å². The van der Waals surface area contributed by atoms with Gasteiger partial charge in [0.05, 0.1) is 16.7 Å². The first kappa shape index (κ1) is 20.7. The number of aliphatic carboxylic acids is 2. The molecule has 0 amide bonds. The summed E-state index contributed by atoms with van der Waals surface area (Å²) in [6.07, 6.45) is 4.44. The van der Waals surface area contributed by atoms with Crippen molar-refractivity contribution in [3.05, 3.63) is 24.3 Å². The Morgan fingerprint density at radius 2 is 1.90 bits per heavy atom. The number of aromatic nitrogens is 2. The Labute approximate surface area is 166 Å². The van der Waals surface area contributed by atoms with Gasteiger partial charge in [-0.15, -0.1) is 0 Å². The Bertz CT molecular complexity index is 829. The molecule has 1 atom stereocenters. The number of nitrogens with one attached hydrogen (secondary N) is 1. The van der Waals surface area contributed by atoms with Gasteiger partial charge in [-0.25, -0.2) is 4.79 Å². The van der Waals surface area contributed by atoms with Crippen molar-refractivity contribution in [2.75, 3.05) is 13.2 Å². The van der Waals surface area contributed by atoms with Crippen molar-refractivity contribution in [2.45, 2.75) is 31.8 Å². The van der Waals surface area contributed by atoms with Gasteiger partial charge in [-0.1, -0.05) is 17.3 Å². The fourth-order valence-corrected chi connectivity index (χ4v) is 2.82. The molecular formula is C19H24N4O6. The van der Waals surface area contributed by atoms with Crippen molar-refractivity contribution in [2.24, 2.45) is 17.0 Å². The lowest BCUT2D eigenvalue weighted by molar-refractivity contribution is -0.586. The second-order valence-electron chi connectivity index (χ2n) is 7.19. The largest absolute Gasteiger partial charge is 0.539 e. The maximum atomic E-state index is 10.0. The number of quaternary nitrogens is 1. The van der Waals surface area contributed by atoms with E-state index < -0.39 is 18.0 Å². The maximum Gasteiger partial charge on any atom is 0.351 e. The van der Waals surface area contributed by atoms with E-state index in [9.17, 15) is 5.11 Å². The van der Waals surface area contributed by atoms with Crippen LogP contribution in [0.15, 0.2) is 29.4 Å². The van der Waals surface area contributed by atoms with Crippen molar-refractivity contribution in [3.63, 3.8) is 0 Å². The first-order valence-corrected chi connectivity index (χ1v) is 9.54. The van der Waals surface area contributed by atoms with Crippen molar-refractivity contribution in [3.8, 4) is 0 Å². The van der Waals surface area contributed by atoms with Gasteiger partial charge >= 0.3 is 11.9 Å². The van der Waals surface area contributed by atoms with Gasteiger partial charge in [-0.05, 0) is 37.8 Å². The van der Waals surface area contributed by atoms with E-state index in [-0.39, 0.29) is 6.61 Å². The molecule has 0 saturated heterocycles. The van der Waals surface area contributed by atoms with E-state index in [1.807, 2.05) is 29.6 Å². The number of aliphatic hydroxyl groups excluding tert-OH is 1. The van der Waals surface area contributed by atoms with Crippen LogP contribution >= 0.6 is 0 Å². The molecule has 0 aliphatic heterocycles. The molecule has 0 spiro atoms. The number of carboxylic acid groups (broad SMARTS) is 2. The van der Waals surface area contributed by atoms with Gasteiger partial charge in [-0.2, -0.15) is 4.98 Å². The van der Waals surface area contributed by atoms with Crippen LogP contribution in [-0.2, 0) is 14.4 Å². The minimum Gasteiger partial charge on any atom is -0.539 e. The third-order valence-electron chi connectivity index (χ3n) is 4.59. The fourth-order valence-electron chi connectivity index (χ4n) is 2.82. The van der Waals surface area contributed by atoms with E-state index in [2.05, 4.69) is 15.1 Å². The second kappa shape index (κ2) is 9.48.